The lowest BCUT2D eigenvalue weighted by Crippen LogP contribution is -2.48. The minimum atomic E-state index is -0.743. The molecule has 7 heteroatoms. The highest BCUT2D eigenvalue weighted by molar-refractivity contribution is 6.01. The number of nitrogens with one attached hydrogen (secondary N) is 2. The third-order valence-corrected chi connectivity index (χ3v) is 5.40. The van der Waals surface area contributed by atoms with E-state index in [1.807, 2.05) is 60.1 Å². The number of aromatic nitrogens is 1. The SMILES string of the molecule is COc1ccc2c(c1)cc(C(=O)N[C@@H](Cc1ccccc1)C(=O)NCc1ccco1)n2C. The zero-order valence-electron chi connectivity index (χ0n) is 18.0. The standard InChI is InChI=1S/C25H25N3O4/c1-28-22-11-10-19(31-2)14-18(22)15-23(28)25(30)27-21(13-17-7-4-3-5-8-17)24(29)26-16-20-9-6-12-32-20/h3-12,14-15,21H,13,16H2,1-2H3,(H,26,29)(H,27,30)/t21-/m0/s1. The van der Waals surface area contributed by atoms with Crippen molar-refractivity contribution in [2.45, 2.75) is 19.0 Å². The van der Waals surface area contributed by atoms with Gasteiger partial charge in [-0.05, 0) is 42.0 Å². The molecule has 2 amide bonds. The number of carbonyl (C=O) groups excluding carboxylic acids is 2. The van der Waals surface area contributed by atoms with Crippen LogP contribution in [0, 0.1) is 0 Å². The molecular formula is C25H25N3O4. The first-order chi connectivity index (χ1) is 15.5. The first-order valence-corrected chi connectivity index (χ1v) is 10.3. The minimum absolute atomic E-state index is 0.251. The Morgan fingerprint density at radius 3 is 2.59 bits per heavy atom. The molecule has 1 atom stereocenters. The Hall–Kier alpha value is -4.00. The Balaban J connectivity index is 1.55. The molecule has 0 radical (unpaired) electrons. The maximum atomic E-state index is 13.2. The van der Waals surface area contributed by atoms with Gasteiger partial charge in [-0.25, -0.2) is 0 Å². The van der Waals surface area contributed by atoms with E-state index in [1.165, 1.54) is 0 Å². The van der Waals surface area contributed by atoms with Gasteiger partial charge in [0.25, 0.3) is 5.91 Å². The first-order valence-electron chi connectivity index (χ1n) is 10.3. The van der Waals surface area contributed by atoms with Crippen molar-refractivity contribution < 1.29 is 18.7 Å². The van der Waals surface area contributed by atoms with Crippen molar-refractivity contribution in [1.29, 1.82) is 0 Å². The number of ether oxygens (including phenoxy) is 1. The van der Waals surface area contributed by atoms with Crippen LogP contribution in [0.2, 0.25) is 0 Å². The summed E-state index contributed by atoms with van der Waals surface area (Å²) in [4.78, 5) is 26.1. The van der Waals surface area contributed by atoms with Crippen molar-refractivity contribution in [3.63, 3.8) is 0 Å². The lowest BCUT2D eigenvalue weighted by atomic mass is 10.0. The average molecular weight is 431 g/mol. The summed E-state index contributed by atoms with van der Waals surface area (Å²) in [5.41, 5.74) is 2.32. The van der Waals surface area contributed by atoms with Crippen LogP contribution < -0.4 is 15.4 Å². The molecular weight excluding hydrogens is 406 g/mol. The second-order valence-electron chi connectivity index (χ2n) is 7.53. The van der Waals surface area contributed by atoms with Gasteiger partial charge in [0.15, 0.2) is 0 Å². The van der Waals surface area contributed by atoms with Crippen LogP contribution in [0.3, 0.4) is 0 Å². The monoisotopic (exact) mass is 431 g/mol. The van der Waals surface area contributed by atoms with Gasteiger partial charge in [0.05, 0.1) is 19.9 Å². The lowest BCUT2D eigenvalue weighted by molar-refractivity contribution is -0.123. The van der Waals surface area contributed by atoms with Crippen LogP contribution in [0.4, 0.5) is 0 Å². The van der Waals surface area contributed by atoms with Gasteiger partial charge in [-0.3, -0.25) is 9.59 Å². The topological polar surface area (TPSA) is 85.5 Å². The molecule has 7 nitrogen and oxygen atoms in total. The number of benzene rings is 2. The van der Waals surface area contributed by atoms with E-state index in [4.69, 9.17) is 9.15 Å². The first kappa shape index (κ1) is 21.2. The van der Waals surface area contributed by atoms with Gasteiger partial charge < -0.3 is 24.4 Å². The molecule has 32 heavy (non-hydrogen) atoms. The van der Waals surface area contributed by atoms with Crippen LogP contribution in [0.1, 0.15) is 21.8 Å². The molecule has 0 aliphatic heterocycles. The number of hydrogen-bond acceptors (Lipinski definition) is 4. The average Bonchev–Trinajstić information content (AvgIpc) is 3.45. The van der Waals surface area contributed by atoms with E-state index in [2.05, 4.69) is 10.6 Å². The Kier molecular flexibility index (Phi) is 6.26. The fourth-order valence-corrected chi connectivity index (χ4v) is 3.67. The normalized spacial score (nSPS) is 11.8. The molecule has 164 valence electrons. The van der Waals surface area contributed by atoms with Crippen LogP contribution >= 0.6 is 0 Å². The third-order valence-electron chi connectivity index (χ3n) is 5.40. The molecule has 0 aliphatic rings. The largest absolute Gasteiger partial charge is 0.497 e. The second kappa shape index (κ2) is 9.43. The minimum Gasteiger partial charge on any atom is -0.497 e. The second-order valence-corrected chi connectivity index (χ2v) is 7.53. The van der Waals surface area contributed by atoms with E-state index in [0.29, 0.717) is 23.6 Å². The predicted molar refractivity (Wildman–Crippen MR) is 121 cm³/mol. The van der Waals surface area contributed by atoms with Gasteiger partial charge in [0.2, 0.25) is 5.91 Å². The molecule has 0 spiro atoms. The molecule has 0 unspecified atom stereocenters. The van der Waals surface area contributed by atoms with E-state index < -0.39 is 6.04 Å². The molecule has 0 fully saturated rings. The maximum Gasteiger partial charge on any atom is 0.268 e. The quantitative estimate of drug-likeness (QED) is 0.448. The Labute approximate surface area is 186 Å². The van der Waals surface area contributed by atoms with Gasteiger partial charge >= 0.3 is 0 Å². The Morgan fingerprint density at radius 1 is 1.06 bits per heavy atom. The summed E-state index contributed by atoms with van der Waals surface area (Å²) in [6.07, 6.45) is 1.92. The zero-order chi connectivity index (χ0) is 22.5. The molecule has 2 N–H and O–H groups in total. The molecule has 2 heterocycles. The van der Waals surface area contributed by atoms with Crippen LogP contribution in [-0.2, 0) is 24.8 Å². The maximum absolute atomic E-state index is 13.2. The molecule has 4 aromatic rings. The summed E-state index contributed by atoms with van der Waals surface area (Å²) in [6, 6.07) is 19.8. The molecule has 0 saturated carbocycles. The number of fused-ring (bicyclic) bond motifs is 1. The predicted octanol–water partition coefficient (Wildman–Crippen LogP) is 3.44. The number of aryl methyl sites for hydroxylation is 1. The summed E-state index contributed by atoms with van der Waals surface area (Å²) < 4.78 is 12.4. The fourth-order valence-electron chi connectivity index (χ4n) is 3.67. The zero-order valence-corrected chi connectivity index (χ0v) is 18.0. The van der Waals surface area contributed by atoms with E-state index in [9.17, 15) is 9.59 Å². The van der Waals surface area contributed by atoms with E-state index >= 15 is 0 Å². The smallest absolute Gasteiger partial charge is 0.268 e. The van der Waals surface area contributed by atoms with Crippen LogP contribution in [0.15, 0.2) is 77.4 Å². The van der Waals surface area contributed by atoms with Gasteiger partial charge in [-0.15, -0.1) is 0 Å². The van der Waals surface area contributed by atoms with Crippen LogP contribution in [-0.4, -0.2) is 29.5 Å². The summed E-state index contributed by atoms with van der Waals surface area (Å²) >= 11 is 0. The van der Waals surface area contributed by atoms with Crippen molar-refractivity contribution >= 4 is 22.7 Å². The Bertz CT molecular complexity index is 1210. The number of rotatable bonds is 8. The van der Waals surface area contributed by atoms with Gasteiger partial charge in [-0.1, -0.05) is 30.3 Å². The van der Waals surface area contributed by atoms with Gasteiger partial charge in [-0.2, -0.15) is 0 Å². The summed E-state index contributed by atoms with van der Waals surface area (Å²) in [5, 5.41) is 6.64. The number of nitrogens with zero attached hydrogens (tertiary/aromatic N) is 1. The van der Waals surface area contributed by atoms with Gasteiger partial charge in [0, 0.05) is 24.4 Å². The molecule has 4 rings (SSSR count). The molecule has 0 saturated heterocycles. The van der Waals surface area contributed by atoms with Crippen LogP contribution in [0.5, 0.6) is 5.75 Å². The Morgan fingerprint density at radius 2 is 1.88 bits per heavy atom. The summed E-state index contributed by atoms with van der Waals surface area (Å²) in [6.45, 7) is 0.251. The van der Waals surface area contributed by atoms with Gasteiger partial charge in [0.1, 0.15) is 23.2 Å². The third kappa shape index (κ3) is 4.67. The van der Waals surface area contributed by atoms with E-state index in [-0.39, 0.29) is 18.4 Å². The van der Waals surface area contributed by atoms with Crippen molar-refractivity contribution in [2.24, 2.45) is 7.05 Å². The van der Waals surface area contributed by atoms with Crippen molar-refractivity contribution in [3.05, 3.63) is 90.0 Å². The number of furan rings is 1. The fraction of sp³-hybridized carbons (Fsp3) is 0.200. The number of hydrogen-bond donors (Lipinski definition) is 2. The number of amides is 2. The van der Waals surface area contributed by atoms with Crippen molar-refractivity contribution in [1.82, 2.24) is 15.2 Å². The highest BCUT2D eigenvalue weighted by atomic mass is 16.5. The van der Waals surface area contributed by atoms with Crippen molar-refractivity contribution in [2.75, 3.05) is 7.11 Å². The number of methoxy groups -OCH3 is 1. The number of carbonyl (C=O) groups is 2. The lowest BCUT2D eigenvalue weighted by Gasteiger charge is -2.19. The summed E-state index contributed by atoms with van der Waals surface area (Å²) in [7, 11) is 3.43. The van der Waals surface area contributed by atoms with E-state index in [1.54, 1.807) is 31.6 Å². The van der Waals surface area contributed by atoms with Crippen LogP contribution in [0.25, 0.3) is 10.9 Å². The molecule has 0 bridgehead atoms. The summed E-state index contributed by atoms with van der Waals surface area (Å²) in [5.74, 6) is 0.760. The highest BCUT2D eigenvalue weighted by Crippen LogP contribution is 2.24. The molecule has 0 aliphatic carbocycles. The highest BCUT2D eigenvalue weighted by Gasteiger charge is 2.24. The molecule has 2 aromatic carbocycles. The molecule has 2 aromatic heterocycles. The van der Waals surface area contributed by atoms with Crippen molar-refractivity contribution in [3.8, 4) is 5.75 Å². The van der Waals surface area contributed by atoms with E-state index in [0.717, 1.165) is 16.5 Å².